The first-order chi connectivity index (χ1) is 10.2. The molecule has 0 saturated carbocycles. The van der Waals surface area contributed by atoms with Crippen LogP contribution in [0.2, 0.25) is 5.02 Å². The summed E-state index contributed by atoms with van der Waals surface area (Å²) in [5.74, 6) is 0.533. The molecule has 2 nitrogen and oxygen atoms in total. The molecule has 21 heavy (non-hydrogen) atoms. The molecule has 0 bridgehead atoms. The minimum absolute atomic E-state index is 0.0481. The molecule has 0 fully saturated rings. The largest absolute Gasteiger partial charge is 0.279 e. The molecule has 2 aromatic carbocycles. The molecule has 2 aromatic rings. The fourth-order valence-corrected chi connectivity index (χ4v) is 3.66. The summed E-state index contributed by atoms with van der Waals surface area (Å²) in [5.41, 5.74) is 1.77. The van der Waals surface area contributed by atoms with Gasteiger partial charge < -0.3 is 0 Å². The van der Waals surface area contributed by atoms with Gasteiger partial charge in [-0.25, -0.2) is 0 Å². The number of hydrogen-bond acceptors (Lipinski definition) is 2. The lowest BCUT2D eigenvalue weighted by atomic mass is 10.2. The van der Waals surface area contributed by atoms with Crippen LogP contribution in [0.25, 0.3) is 0 Å². The summed E-state index contributed by atoms with van der Waals surface area (Å²) in [6.45, 7) is 0. The van der Waals surface area contributed by atoms with Crippen LogP contribution >= 0.6 is 35.0 Å². The number of fused-ring (bicyclic) bond motifs is 2. The number of rotatable bonds is 3. The average molecular weight is 338 g/mol. The summed E-state index contributed by atoms with van der Waals surface area (Å²) in [7, 11) is 0. The fraction of sp³-hybridized carbons (Fsp3) is 0.188. The summed E-state index contributed by atoms with van der Waals surface area (Å²) < 4.78 is 0. The molecule has 0 aliphatic carbocycles. The highest BCUT2D eigenvalue weighted by Gasteiger charge is 2.27. The zero-order valence-electron chi connectivity index (χ0n) is 11.2. The predicted molar refractivity (Wildman–Crippen MR) is 89.1 cm³/mol. The SMILES string of the molecule is O=C(CCCCl)N1c2ccccc2Sc2ccc(Cl)cc21. The van der Waals surface area contributed by atoms with E-state index in [1.54, 1.807) is 16.7 Å². The van der Waals surface area contributed by atoms with Gasteiger partial charge in [0.05, 0.1) is 11.4 Å². The number of para-hydroxylation sites is 1. The molecule has 0 unspecified atom stereocenters. The zero-order chi connectivity index (χ0) is 14.8. The van der Waals surface area contributed by atoms with E-state index in [0.717, 1.165) is 21.2 Å². The van der Waals surface area contributed by atoms with Crippen LogP contribution in [0.15, 0.2) is 52.3 Å². The molecule has 1 aliphatic rings. The number of nitrogens with zero attached hydrogens (tertiary/aromatic N) is 1. The molecule has 108 valence electrons. The lowest BCUT2D eigenvalue weighted by Crippen LogP contribution is -2.28. The van der Waals surface area contributed by atoms with E-state index < -0.39 is 0 Å². The van der Waals surface area contributed by atoms with Gasteiger partial charge in [0.1, 0.15) is 0 Å². The molecule has 5 heteroatoms. The molecule has 1 aliphatic heterocycles. The van der Waals surface area contributed by atoms with E-state index in [1.165, 1.54) is 0 Å². The predicted octanol–water partition coefficient (Wildman–Crippen LogP) is 5.49. The first kappa shape index (κ1) is 14.8. The van der Waals surface area contributed by atoms with Crippen LogP contribution in [0.5, 0.6) is 0 Å². The van der Waals surface area contributed by atoms with Crippen LogP contribution in [-0.4, -0.2) is 11.8 Å². The Kier molecular flexibility index (Phi) is 4.43. The van der Waals surface area contributed by atoms with Crippen LogP contribution in [0.3, 0.4) is 0 Å². The summed E-state index contributed by atoms with van der Waals surface area (Å²) in [5, 5.41) is 0.629. The summed E-state index contributed by atoms with van der Waals surface area (Å²) in [6.07, 6.45) is 1.09. The Hall–Kier alpha value is -1.16. The Bertz CT molecular complexity index is 690. The van der Waals surface area contributed by atoms with E-state index in [-0.39, 0.29) is 5.91 Å². The highest BCUT2D eigenvalue weighted by atomic mass is 35.5. The molecule has 0 aromatic heterocycles. The molecular formula is C16H13Cl2NOS. The summed E-state index contributed by atoms with van der Waals surface area (Å²) >= 11 is 13.5. The van der Waals surface area contributed by atoms with Gasteiger partial charge in [0.25, 0.3) is 0 Å². The van der Waals surface area contributed by atoms with Crippen LogP contribution < -0.4 is 4.90 Å². The molecular weight excluding hydrogens is 325 g/mol. The van der Waals surface area contributed by atoms with Crippen LogP contribution in [0.4, 0.5) is 11.4 Å². The van der Waals surface area contributed by atoms with Gasteiger partial charge in [-0.05, 0) is 36.8 Å². The van der Waals surface area contributed by atoms with E-state index in [9.17, 15) is 4.79 Å². The van der Waals surface area contributed by atoms with E-state index in [4.69, 9.17) is 23.2 Å². The molecule has 0 saturated heterocycles. The van der Waals surface area contributed by atoms with Crippen LogP contribution in [0, 0.1) is 0 Å². The van der Waals surface area contributed by atoms with Crippen molar-refractivity contribution in [2.45, 2.75) is 22.6 Å². The third-order valence-corrected chi connectivity index (χ3v) is 4.89. The van der Waals surface area contributed by atoms with E-state index in [1.807, 2.05) is 42.5 Å². The molecule has 0 N–H and O–H groups in total. The highest BCUT2D eigenvalue weighted by Crippen LogP contribution is 2.48. The minimum Gasteiger partial charge on any atom is -0.279 e. The normalized spacial score (nSPS) is 12.8. The smallest absolute Gasteiger partial charge is 0.231 e. The van der Waals surface area contributed by atoms with Gasteiger partial charge in [-0.3, -0.25) is 9.69 Å². The van der Waals surface area contributed by atoms with Gasteiger partial charge in [0.15, 0.2) is 0 Å². The maximum atomic E-state index is 12.6. The van der Waals surface area contributed by atoms with Crippen molar-refractivity contribution in [1.29, 1.82) is 0 Å². The quantitative estimate of drug-likeness (QED) is 0.690. The number of alkyl halides is 1. The minimum atomic E-state index is 0.0481. The third kappa shape index (κ3) is 2.91. The van der Waals surface area contributed by atoms with E-state index in [0.29, 0.717) is 23.7 Å². The Morgan fingerprint density at radius 2 is 1.86 bits per heavy atom. The van der Waals surface area contributed by atoms with Crippen molar-refractivity contribution in [3.63, 3.8) is 0 Å². The molecule has 0 atom stereocenters. The summed E-state index contributed by atoms with van der Waals surface area (Å²) in [6, 6.07) is 13.6. The first-order valence-electron chi connectivity index (χ1n) is 6.66. The van der Waals surface area contributed by atoms with Gasteiger partial charge in [-0.15, -0.1) is 11.6 Å². The Morgan fingerprint density at radius 3 is 2.67 bits per heavy atom. The second-order valence-corrected chi connectivity index (χ2v) is 6.60. The van der Waals surface area contributed by atoms with Gasteiger partial charge >= 0.3 is 0 Å². The van der Waals surface area contributed by atoms with Crippen molar-refractivity contribution in [2.24, 2.45) is 0 Å². The first-order valence-corrected chi connectivity index (χ1v) is 8.39. The third-order valence-electron chi connectivity index (χ3n) is 3.26. The molecule has 0 spiro atoms. The number of carbonyl (C=O) groups is 1. The van der Waals surface area contributed by atoms with Crippen molar-refractivity contribution >= 4 is 52.2 Å². The van der Waals surface area contributed by atoms with E-state index in [2.05, 4.69) is 0 Å². The van der Waals surface area contributed by atoms with Crippen molar-refractivity contribution in [3.8, 4) is 0 Å². The molecule has 0 radical (unpaired) electrons. The lowest BCUT2D eigenvalue weighted by Gasteiger charge is -2.31. The van der Waals surface area contributed by atoms with Crippen LogP contribution in [-0.2, 0) is 4.79 Å². The standard InChI is InChI=1S/C16H13Cl2NOS/c17-9-3-6-16(20)19-12-4-1-2-5-14(12)21-15-8-7-11(18)10-13(15)19/h1-2,4-5,7-8,10H,3,6,9H2. The molecule has 1 amide bonds. The number of halogens is 2. The molecule has 1 heterocycles. The second kappa shape index (κ2) is 6.30. The van der Waals surface area contributed by atoms with Gasteiger partial charge in [-0.1, -0.05) is 35.5 Å². The fourth-order valence-electron chi connectivity index (χ4n) is 2.33. The van der Waals surface area contributed by atoms with Crippen molar-refractivity contribution in [3.05, 3.63) is 47.5 Å². The topological polar surface area (TPSA) is 20.3 Å². The summed E-state index contributed by atoms with van der Waals surface area (Å²) in [4.78, 5) is 16.5. The number of amides is 1. The van der Waals surface area contributed by atoms with E-state index >= 15 is 0 Å². The number of hydrogen-bond donors (Lipinski definition) is 0. The van der Waals surface area contributed by atoms with Gasteiger partial charge in [-0.2, -0.15) is 0 Å². The van der Waals surface area contributed by atoms with Crippen molar-refractivity contribution in [1.82, 2.24) is 0 Å². The Balaban J connectivity index is 2.08. The van der Waals surface area contributed by atoms with Crippen LogP contribution in [0.1, 0.15) is 12.8 Å². The number of anilines is 2. The zero-order valence-corrected chi connectivity index (χ0v) is 13.5. The Labute approximate surface area is 138 Å². The maximum Gasteiger partial charge on any atom is 0.231 e. The second-order valence-electron chi connectivity index (χ2n) is 4.70. The molecule has 3 rings (SSSR count). The van der Waals surface area contributed by atoms with Crippen molar-refractivity contribution < 1.29 is 4.79 Å². The van der Waals surface area contributed by atoms with Gasteiger partial charge in [0.2, 0.25) is 5.91 Å². The maximum absolute atomic E-state index is 12.6. The Morgan fingerprint density at radius 1 is 1.10 bits per heavy atom. The number of benzene rings is 2. The lowest BCUT2D eigenvalue weighted by molar-refractivity contribution is -0.117. The monoisotopic (exact) mass is 337 g/mol. The van der Waals surface area contributed by atoms with Gasteiger partial charge in [0, 0.05) is 27.1 Å². The average Bonchev–Trinajstić information content (AvgIpc) is 2.50. The highest BCUT2D eigenvalue weighted by molar-refractivity contribution is 7.99. The van der Waals surface area contributed by atoms with Crippen molar-refractivity contribution in [2.75, 3.05) is 10.8 Å². The number of carbonyl (C=O) groups excluding carboxylic acids is 1.